The zero-order valence-electron chi connectivity index (χ0n) is 11.9. The van der Waals surface area contributed by atoms with Crippen molar-refractivity contribution in [3.8, 4) is 10.7 Å². The summed E-state index contributed by atoms with van der Waals surface area (Å²) in [5.41, 5.74) is 2.07. The van der Waals surface area contributed by atoms with Crippen molar-refractivity contribution in [2.24, 2.45) is 11.8 Å². The summed E-state index contributed by atoms with van der Waals surface area (Å²) < 4.78 is 0. The lowest BCUT2D eigenvalue weighted by molar-refractivity contribution is 0.123. The highest BCUT2D eigenvalue weighted by atomic mass is 32.1. The van der Waals surface area contributed by atoms with Crippen LogP contribution in [-0.2, 0) is 6.54 Å². The van der Waals surface area contributed by atoms with E-state index in [1.807, 2.05) is 18.2 Å². The van der Waals surface area contributed by atoms with Gasteiger partial charge in [-0.25, -0.2) is 4.98 Å². The molecular formula is C16H19N3OS. The quantitative estimate of drug-likeness (QED) is 0.946. The summed E-state index contributed by atoms with van der Waals surface area (Å²) >= 11 is 1.66. The summed E-state index contributed by atoms with van der Waals surface area (Å²) in [6, 6.07) is 5.91. The Morgan fingerprint density at radius 3 is 3.05 bits per heavy atom. The maximum atomic E-state index is 9.99. The van der Waals surface area contributed by atoms with Crippen molar-refractivity contribution < 1.29 is 5.11 Å². The van der Waals surface area contributed by atoms with Gasteiger partial charge in [0, 0.05) is 37.1 Å². The van der Waals surface area contributed by atoms with Crippen LogP contribution in [0.3, 0.4) is 0 Å². The predicted molar refractivity (Wildman–Crippen MR) is 82.8 cm³/mol. The number of hydrogen-bond donors (Lipinski definition) is 1. The van der Waals surface area contributed by atoms with Gasteiger partial charge in [0.05, 0.1) is 17.5 Å². The molecular weight excluding hydrogens is 282 g/mol. The topological polar surface area (TPSA) is 49.2 Å². The maximum absolute atomic E-state index is 9.99. The summed E-state index contributed by atoms with van der Waals surface area (Å²) in [5, 5.41) is 13.1. The van der Waals surface area contributed by atoms with Crippen molar-refractivity contribution in [2.75, 3.05) is 13.1 Å². The van der Waals surface area contributed by atoms with Gasteiger partial charge in [0.1, 0.15) is 5.01 Å². The number of likely N-dealkylation sites (tertiary alicyclic amines) is 1. The minimum Gasteiger partial charge on any atom is -0.393 e. The Bertz CT molecular complexity index is 615. The van der Waals surface area contributed by atoms with Crippen LogP contribution in [0.4, 0.5) is 0 Å². The van der Waals surface area contributed by atoms with Gasteiger partial charge >= 0.3 is 0 Å². The molecule has 2 fully saturated rings. The van der Waals surface area contributed by atoms with Crippen molar-refractivity contribution in [3.05, 3.63) is 35.5 Å². The molecule has 3 unspecified atom stereocenters. The Labute approximate surface area is 128 Å². The molecule has 2 aromatic rings. The fourth-order valence-corrected chi connectivity index (χ4v) is 4.46. The molecule has 3 heterocycles. The molecule has 2 aliphatic rings. The largest absolute Gasteiger partial charge is 0.393 e. The molecule has 1 saturated heterocycles. The third-order valence-corrected chi connectivity index (χ3v) is 5.63. The normalized spacial score (nSPS) is 28.9. The van der Waals surface area contributed by atoms with E-state index in [0.29, 0.717) is 11.8 Å². The van der Waals surface area contributed by atoms with Crippen LogP contribution in [-0.4, -0.2) is 39.2 Å². The van der Waals surface area contributed by atoms with Crippen LogP contribution in [0.5, 0.6) is 0 Å². The number of aromatic nitrogens is 2. The Morgan fingerprint density at radius 2 is 2.24 bits per heavy atom. The van der Waals surface area contributed by atoms with E-state index in [1.165, 1.54) is 6.42 Å². The number of hydrogen-bond acceptors (Lipinski definition) is 5. The molecule has 0 radical (unpaired) electrons. The molecule has 0 amide bonds. The van der Waals surface area contributed by atoms with Crippen LogP contribution < -0.4 is 0 Å². The summed E-state index contributed by atoms with van der Waals surface area (Å²) in [5.74, 6) is 1.17. The molecule has 0 aromatic carbocycles. The smallest absolute Gasteiger partial charge is 0.142 e. The van der Waals surface area contributed by atoms with Gasteiger partial charge in [-0.15, -0.1) is 11.3 Å². The molecule has 4 nitrogen and oxygen atoms in total. The van der Waals surface area contributed by atoms with Crippen molar-refractivity contribution in [3.63, 3.8) is 0 Å². The molecule has 0 spiro atoms. The third kappa shape index (κ3) is 2.61. The van der Waals surface area contributed by atoms with E-state index in [9.17, 15) is 5.11 Å². The van der Waals surface area contributed by atoms with Gasteiger partial charge < -0.3 is 5.11 Å². The number of pyridine rings is 1. The molecule has 1 N–H and O–H groups in total. The standard InChI is InChI=1S/C16H19N3OS/c20-15-5-4-11-7-19(9-13(11)15)8-12-10-21-16(18-12)14-3-1-2-6-17-14/h1-3,6,10-11,13,15,20H,4-5,7-9H2. The van der Waals surface area contributed by atoms with Gasteiger partial charge in [-0.3, -0.25) is 9.88 Å². The first kappa shape index (κ1) is 13.4. The molecule has 1 saturated carbocycles. The number of rotatable bonds is 3. The predicted octanol–water partition coefficient (Wildman–Crippen LogP) is 2.41. The molecule has 4 rings (SSSR count). The lowest BCUT2D eigenvalue weighted by atomic mass is 10.00. The highest BCUT2D eigenvalue weighted by molar-refractivity contribution is 7.13. The second kappa shape index (κ2) is 5.48. The summed E-state index contributed by atoms with van der Waals surface area (Å²) in [6.45, 7) is 3.02. The molecule has 1 aliphatic carbocycles. The molecule has 0 bridgehead atoms. The minimum atomic E-state index is -0.0838. The number of nitrogens with zero attached hydrogens (tertiary/aromatic N) is 3. The van der Waals surface area contributed by atoms with Crippen LogP contribution in [0.15, 0.2) is 29.8 Å². The number of aliphatic hydroxyl groups is 1. The zero-order chi connectivity index (χ0) is 14.2. The van der Waals surface area contributed by atoms with Crippen molar-refractivity contribution in [1.82, 2.24) is 14.9 Å². The van der Waals surface area contributed by atoms with Crippen LogP contribution in [0.1, 0.15) is 18.5 Å². The number of thiazole rings is 1. The Balaban J connectivity index is 1.44. The Kier molecular flexibility index (Phi) is 3.49. The van der Waals surface area contributed by atoms with Crippen LogP contribution in [0, 0.1) is 11.8 Å². The van der Waals surface area contributed by atoms with Gasteiger partial charge in [-0.05, 0) is 30.9 Å². The fraction of sp³-hybridized carbons (Fsp3) is 0.500. The van der Waals surface area contributed by atoms with E-state index in [4.69, 9.17) is 4.98 Å². The first-order chi connectivity index (χ1) is 10.3. The first-order valence-electron chi connectivity index (χ1n) is 7.56. The van der Waals surface area contributed by atoms with Crippen LogP contribution in [0.25, 0.3) is 10.7 Å². The molecule has 2 aromatic heterocycles. The van der Waals surface area contributed by atoms with Crippen molar-refractivity contribution in [2.45, 2.75) is 25.5 Å². The van der Waals surface area contributed by atoms with E-state index >= 15 is 0 Å². The first-order valence-corrected chi connectivity index (χ1v) is 8.44. The maximum Gasteiger partial charge on any atom is 0.142 e. The van der Waals surface area contributed by atoms with Gasteiger partial charge in [0.15, 0.2) is 0 Å². The van der Waals surface area contributed by atoms with Crippen molar-refractivity contribution in [1.29, 1.82) is 0 Å². The average Bonchev–Trinajstić information content (AvgIpc) is 3.19. The molecule has 5 heteroatoms. The van der Waals surface area contributed by atoms with Crippen molar-refractivity contribution >= 4 is 11.3 Å². The fourth-order valence-electron chi connectivity index (χ4n) is 3.67. The number of fused-ring (bicyclic) bond motifs is 1. The van der Waals surface area contributed by atoms with E-state index in [0.717, 1.165) is 42.5 Å². The summed E-state index contributed by atoms with van der Waals surface area (Å²) in [7, 11) is 0. The van der Waals surface area contributed by atoms with Gasteiger partial charge in [-0.1, -0.05) is 6.07 Å². The lowest BCUT2D eigenvalue weighted by Crippen LogP contribution is -2.24. The average molecular weight is 301 g/mol. The minimum absolute atomic E-state index is 0.0838. The summed E-state index contributed by atoms with van der Waals surface area (Å²) in [4.78, 5) is 11.5. The van der Waals surface area contributed by atoms with Crippen LogP contribution in [0.2, 0.25) is 0 Å². The van der Waals surface area contributed by atoms with E-state index < -0.39 is 0 Å². The number of aliphatic hydroxyl groups excluding tert-OH is 1. The highest BCUT2D eigenvalue weighted by Crippen LogP contribution is 2.38. The second-order valence-corrected chi connectivity index (χ2v) is 6.98. The Hall–Kier alpha value is -1.30. The monoisotopic (exact) mass is 301 g/mol. The summed E-state index contributed by atoms with van der Waals surface area (Å²) in [6.07, 6.45) is 3.89. The highest BCUT2D eigenvalue weighted by Gasteiger charge is 2.41. The molecule has 1 aliphatic heterocycles. The zero-order valence-corrected chi connectivity index (χ0v) is 12.7. The van der Waals surface area contributed by atoms with Gasteiger partial charge in [0.2, 0.25) is 0 Å². The Morgan fingerprint density at radius 1 is 1.29 bits per heavy atom. The van der Waals surface area contributed by atoms with E-state index in [1.54, 1.807) is 17.5 Å². The van der Waals surface area contributed by atoms with Crippen LogP contribution >= 0.6 is 11.3 Å². The van der Waals surface area contributed by atoms with E-state index in [2.05, 4.69) is 15.3 Å². The molecule has 21 heavy (non-hydrogen) atoms. The van der Waals surface area contributed by atoms with E-state index in [-0.39, 0.29) is 6.10 Å². The SMILES string of the molecule is OC1CCC2CN(Cc3csc(-c4ccccn4)n3)CC12. The second-order valence-electron chi connectivity index (χ2n) is 6.12. The lowest BCUT2D eigenvalue weighted by Gasteiger charge is -2.16. The molecule has 110 valence electrons. The van der Waals surface area contributed by atoms with Gasteiger partial charge in [0.25, 0.3) is 0 Å². The third-order valence-electron chi connectivity index (χ3n) is 4.72. The molecule has 3 atom stereocenters. The van der Waals surface area contributed by atoms with Gasteiger partial charge in [-0.2, -0.15) is 0 Å².